The molecule has 0 aliphatic heterocycles. The Hall–Kier alpha value is -2.39. The number of rotatable bonds is 2. The van der Waals surface area contributed by atoms with Crippen molar-refractivity contribution in [2.24, 2.45) is 0 Å². The van der Waals surface area contributed by atoms with Crippen LogP contribution in [-0.4, -0.2) is 14.5 Å². The second-order valence-corrected chi connectivity index (χ2v) is 5.52. The summed E-state index contributed by atoms with van der Waals surface area (Å²) in [5.41, 5.74) is 9.09. The topological polar surface area (TPSA) is 80.5 Å². The molecule has 0 aliphatic rings. The lowest BCUT2D eigenvalue weighted by atomic mass is 10.2. The Bertz CT molecular complexity index is 824. The molecule has 1 aromatic carbocycles. The molecule has 0 saturated carbocycles. The van der Waals surface area contributed by atoms with Gasteiger partial charge in [-0.1, -0.05) is 6.07 Å². The van der Waals surface area contributed by atoms with Gasteiger partial charge >= 0.3 is 0 Å². The number of benzene rings is 1. The number of imidazole rings is 1. The molecular formula is C14H13N5S. The number of nitrogens with two attached hydrogens (primary N) is 1. The van der Waals surface area contributed by atoms with Crippen LogP contribution in [0.25, 0.3) is 11.0 Å². The minimum absolute atomic E-state index is 0.00681. The zero-order valence-corrected chi connectivity index (χ0v) is 12.0. The third kappa shape index (κ3) is 1.84. The van der Waals surface area contributed by atoms with E-state index in [1.807, 2.05) is 35.9 Å². The van der Waals surface area contributed by atoms with Crippen LogP contribution >= 0.6 is 11.3 Å². The van der Waals surface area contributed by atoms with Gasteiger partial charge in [0.05, 0.1) is 17.1 Å². The van der Waals surface area contributed by atoms with Gasteiger partial charge in [0.25, 0.3) is 0 Å². The van der Waals surface area contributed by atoms with Gasteiger partial charge in [-0.15, -0.1) is 11.3 Å². The first-order chi connectivity index (χ1) is 9.61. The molecule has 2 heterocycles. The average molecular weight is 283 g/mol. The van der Waals surface area contributed by atoms with Crippen LogP contribution in [0, 0.1) is 18.3 Å². The first kappa shape index (κ1) is 12.6. The molecule has 0 amide bonds. The molecule has 6 heteroatoms. The van der Waals surface area contributed by atoms with Gasteiger partial charge in [-0.05, 0) is 26.0 Å². The number of aryl methyl sites for hydroxylation is 1. The molecule has 1 unspecified atom stereocenters. The van der Waals surface area contributed by atoms with E-state index in [1.165, 1.54) is 0 Å². The molecule has 0 aliphatic carbocycles. The van der Waals surface area contributed by atoms with E-state index >= 15 is 0 Å². The second-order valence-electron chi connectivity index (χ2n) is 4.63. The Labute approximate surface area is 120 Å². The van der Waals surface area contributed by atoms with E-state index in [0.29, 0.717) is 17.0 Å². The predicted molar refractivity (Wildman–Crippen MR) is 79.5 cm³/mol. The van der Waals surface area contributed by atoms with Crippen molar-refractivity contribution in [3.63, 3.8) is 0 Å². The van der Waals surface area contributed by atoms with Gasteiger partial charge in [0.1, 0.15) is 16.6 Å². The fraction of sp³-hybridized carbons (Fsp3) is 0.214. The number of para-hydroxylation sites is 1. The lowest BCUT2D eigenvalue weighted by molar-refractivity contribution is 0.661. The van der Waals surface area contributed by atoms with E-state index in [9.17, 15) is 0 Å². The number of aromatic nitrogens is 3. The van der Waals surface area contributed by atoms with Gasteiger partial charge in [0, 0.05) is 11.1 Å². The molecule has 0 radical (unpaired) electrons. The molecule has 0 fully saturated rings. The third-order valence-electron chi connectivity index (χ3n) is 3.25. The van der Waals surface area contributed by atoms with E-state index in [0.717, 1.165) is 16.2 Å². The number of fused-ring (bicyclic) bond motifs is 1. The highest BCUT2D eigenvalue weighted by Gasteiger charge is 2.19. The molecule has 3 aromatic rings. The maximum atomic E-state index is 9.14. The molecule has 100 valence electrons. The summed E-state index contributed by atoms with van der Waals surface area (Å²) in [6.07, 6.45) is 0. The Kier molecular flexibility index (Phi) is 2.92. The number of hydrogen-bond acceptors (Lipinski definition) is 5. The average Bonchev–Trinajstić information content (AvgIpc) is 3.00. The lowest BCUT2D eigenvalue weighted by Crippen LogP contribution is -2.10. The monoisotopic (exact) mass is 283 g/mol. The highest BCUT2D eigenvalue weighted by Crippen LogP contribution is 2.30. The fourth-order valence-electron chi connectivity index (χ4n) is 2.31. The first-order valence-electron chi connectivity index (χ1n) is 6.20. The minimum Gasteiger partial charge on any atom is -0.369 e. The Balaban J connectivity index is 2.21. The highest BCUT2D eigenvalue weighted by atomic mass is 32.1. The summed E-state index contributed by atoms with van der Waals surface area (Å²) in [5, 5.41) is 12.1. The van der Waals surface area contributed by atoms with E-state index in [-0.39, 0.29) is 6.04 Å². The summed E-state index contributed by atoms with van der Waals surface area (Å²) < 4.78 is 1.93. The number of hydrogen-bond donors (Lipinski definition) is 1. The van der Waals surface area contributed by atoms with Crippen molar-refractivity contribution in [2.75, 3.05) is 5.73 Å². The molecular weight excluding hydrogens is 270 g/mol. The smallest absolute Gasteiger partial charge is 0.201 e. The summed E-state index contributed by atoms with van der Waals surface area (Å²) >= 11 is 1.60. The summed E-state index contributed by atoms with van der Waals surface area (Å²) in [5.74, 6) is 0.406. The maximum Gasteiger partial charge on any atom is 0.201 e. The molecule has 2 aromatic heterocycles. The van der Waals surface area contributed by atoms with E-state index in [2.05, 4.69) is 16.0 Å². The zero-order valence-electron chi connectivity index (χ0n) is 11.2. The van der Waals surface area contributed by atoms with Gasteiger partial charge < -0.3 is 10.3 Å². The van der Waals surface area contributed by atoms with Crippen LogP contribution in [0.15, 0.2) is 23.6 Å². The van der Waals surface area contributed by atoms with Crippen LogP contribution in [0.3, 0.4) is 0 Å². The SMILES string of the molecule is Cc1csc(C(C)n2c(N)nc3c(C#N)cccc32)n1. The number of anilines is 1. The maximum absolute atomic E-state index is 9.14. The molecule has 2 N–H and O–H groups in total. The molecule has 0 bridgehead atoms. The van der Waals surface area contributed by atoms with Crippen LogP contribution in [0.1, 0.15) is 29.2 Å². The van der Waals surface area contributed by atoms with Crippen molar-refractivity contribution in [1.82, 2.24) is 14.5 Å². The van der Waals surface area contributed by atoms with E-state index in [4.69, 9.17) is 11.0 Å². The Morgan fingerprint density at radius 1 is 1.40 bits per heavy atom. The van der Waals surface area contributed by atoms with Crippen molar-refractivity contribution in [3.8, 4) is 6.07 Å². The molecule has 0 saturated heterocycles. The number of thiazole rings is 1. The van der Waals surface area contributed by atoms with Crippen molar-refractivity contribution in [2.45, 2.75) is 19.9 Å². The predicted octanol–water partition coefficient (Wildman–Crippen LogP) is 2.86. The fourth-order valence-corrected chi connectivity index (χ4v) is 3.15. The normalized spacial score (nSPS) is 12.4. The lowest BCUT2D eigenvalue weighted by Gasteiger charge is -2.13. The van der Waals surface area contributed by atoms with E-state index in [1.54, 1.807) is 17.4 Å². The summed E-state index contributed by atoms with van der Waals surface area (Å²) in [4.78, 5) is 8.84. The van der Waals surface area contributed by atoms with Crippen LogP contribution in [-0.2, 0) is 0 Å². The van der Waals surface area contributed by atoms with Crippen molar-refractivity contribution >= 4 is 28.3 Å². The largest absolute Gasteiger partial charge is 0.369 e. The van der Waals surface area contributed by atoms with Crippen molar-refractivity contribution < 1.29 is 0 Å². The quantitative estimate of drug-likeness (QED) is 0.784. The zero-order chi connectivity index (χ0) is 14.3. The summed E-state index contributed by atoms with van der Waals surface area (Å²) in [6.45, 7) is 4.00. The van der Waals surface area contributed by atoms with Crippen LogP contribution < -0.4 is 5.73 Å². The molecule has 3 rings (SSSR count). The van der Waals surface area contributed by atoms with Crippen molar-refractivity contribution in [1.29, 1.82) is 5.26 Å². The van der Waals surface area contributed by atoms with Gasteiger partial charge in [-0.2, -0.15) is 5.26 Å². The highest BCUT2D eigenvalue weighted by molar-refractivity contribution is 7.09. The Morgan fingerprint density at radius 2 is 2.20 bits per heavy atom. The van der Waals surface area contributed by atoms with Gasteiger partial charge in [0.2, 0.25) is 5.95 Å². The van der Waals surface area contributed by atoms with Crippen LogP contribution in [0.2, 0.25) is 0 Å². The molecule has 1 atom stereocenters. The first-order valence-corrected chi connectivity index (χ1v) is 7.08. The van der Waals surface area contributed by atoms with Crippen molar-refractivity contribution in [3.05, 3.63) is 39.8 Å². The molecule has 5 nitrogen and oxygen atoms in total. The standard InChI is InChI=1S/C14H13N5S/c1-8-7-20-13(17-8)9(2)19-11-5-3-4-10(6-15)12(11)18-14(19)16/h3-5,7,9H,1-2H3,(H2,16,18). The third-order valence-corrected chi connectivity index (χ3v) is 4.38. The van der Waals surface area contributed by atoms with Gasteiger partial charge in [0.15, 0.2) is 0 Å². The number of nitrogens with zero attached hydrogens (tertiary/aromatic N) is 4. The molecule has 20 heavy (non-hydrogen) atoms. The minimum atomic E-state index is -0.00681. The van der Waals surface area contributed by atoms with Gasteiger partial charge in [-0.3, -0.25) is 0 Å². The van der Waals surface area contributed by atoms with Crippen LogP contribution in [0.4, 0.5) is 5.95 Å². The summed E-state index contributed by atoms with van der Waals surface area (Å²) in [6, 6.07) is 7.66. The van der Waals surface area contributed by atoms with E-state index < -0.39 is 0 Å². The Morgan fingerprint density at radius 3 is 2.85 bits per heavy atom. The number of nitrogen functional groups attached to an aromatic ring is 1. The van der Waals surface area contributed by atoms with Crippen LogP contribution in [0.5, 0.6) is 0 Å². The summed E-state index contributed by atoms with van der Waals surface area (Å²) in [7, 11) is 0. The second kappa shape index (κ2) is 4.62. The van der Waals surface area contributed by atoms with Gasteiger partial charge in [-0.25, -0.2) is 9.97 Å². The number of nitriles is 1. The molecule has 0 spiro atoms.